The van der Waals surface area contributed by atoms with E-state index in [0.717, 1.165) is 6.61 Å². The van der Waals surface area contributed by atoms with Gasteiger partial charge < -0.3 is 4.74 Å². The zero-order valence-electron chi connectivity index (χ0n) is 7.36. The molecule has 1 saturated heterocycles. The number of hydrogen-bond donors (Lipinski definition) is 0. The summed E-state index contributed by atoms with van der Waals surface area (Å²) in [5.74, 6) is 0.626. The van der Waals surface area contributed by atoms with Gasteiger partial charge in [0, 0.05) is 5.92 Å². The van der Waals surface area contributed by atoms with Crippen molar-refractivity contribution in [3.8, 4) is 0 Å². The van der Waals surface area contributed by atoms with Crippen molar-refractivity contribution in [1.82, 2.24) is 0 Å². The highest BCUT2D eigenvalue weighted by molar-refractivity contribution is 5.20. The maximum atomic E-state index is 5.52. The minimum Gasteiger partial charge on any atom is -0.378 e. The normalized spacial score (nSPS) is 29.1. The van der Waals surface area contributed by atoms with Crippen LogP contribution in [-0.2, 0) is 4.74 Å². The Balaban J connectivity index is 2.11. The van der Waals surface area contributed by atoms with E-state index in [-0.39, 0.29) is 0 Å². The summed E-state index contributed by atoms with van der Waals surface area (Å²) in [7, 11) is 0. The Morgan fingerprint density at radius 2 is 2.00 bits per heavy atom. The predicted octanol–water partition coefficient (Wildman–Crippen LogP) is 2.58. The van der Waals surface area contributed by atoms with Crippen molar-refractivity contribution in [2.24, 2.45) is 0 Å². The van der Waals surface area contributed by atoms with E-state index in [9.17, 15) is 0 Å². The van der Waals surface area contributed by atoms with E-state index in [1.165, 1.54) is 12.0 Å². The first-order valence-electron chi connectivity index (χ1n) is 4.53. The smallest absolute Gasteiger partial charge is 0.0554 e. The minimum absolute atomic E-state index is 0.440. The maximum absolute atomic E-state index is 5.52. The van der Waals surface area contributed by atoms with Gasteiger partial charge in [-0.3, -0.25) is 0 Å². The fraction of sp³-hybridized carbons (Fsp3) is 0.455. The van der Waals surface area contributed by atoms with E-state index < -0.39 is 0 Å². The van der Waals surface area contributed by atoms with Crippen LogP contribution in [0.5, 0.6) is 0 Å². The first kappa shape index (κ1) is 7.81. The van der Waals surface area contributed by atoms with Crippen LogP contribution in [0.4, 0.5) is 0 Å². The molecule has 64 valence electrons. The van der Waals surface area contributed by atoms with Gasteiger partial charge in [0.25, 0.3) is 0 Å². The highest BCUT2D eigenvalue weighted by Gasteiger charge is 2.22. The maximum Gasteiger partial charge on any atom is 0.0554 e. The van der Waals surface area contributed by atoms with Crippen molar-refractivity contribution in [2.45, 2.75) is 25.4 Å². The molecule has 1 heteroatoms. The fourth-order valence-electron chi connectivity index (χ4n) is 1.77. The van der Waals surface area contributed by atoms with Crippen LogP contribution in [0.3, 0.4) is 0 Å². The summed E-state index contributed by atoms with van der Waals surface area (Å²) in [6.07, 6.45) is 1.61. The molecule has 0 aliphatic carbocycles. The first-order chi connectivity index (χ1) is 5.86. The van der Waals surface area contributed by atoms with Crippen LogP contribution in [0.1, 0.15) is 24.8 Å². The molecule has 0 unspecified atom stereocenters. The van der Waals surface area contributed by atoms with E-state index >= 15 is 0 Å². The molecule has 2 rings (SSSR count). The van der Waals surface area contributed by atoms with Crippen LogP contribution >= 0.6 is 0 Å². The number of ether oxygens (including phenoxy) is 1. The summed E-state index contributed by atoms with van der Waals surface area (Å²) >= 11 is 0. The van der Waals surface area contributed by atoms with Gasteiger partial charge in [-0.1, -0.05) is 30.3 Å². The third kappa shape index (κ3) is 1.51. The molecule has 1 nitrogen and oxygen atoms in total. The van der Waals surface area contributed by atoms with Crippen LogP contribution in [-0.4, -0.2) is 12.7 Å². The second kappa shape index (κ2) is 3.28. The average molecular weight is 162 g/mol. The van der Waals surface area contributed by atoms with Crippen molar-refractivity contribution in [3.05, 3.63) is 35.9 Å². The summed E-state index contributed by atoms with van der Waals surface area (Å²) in [5.41, 5.74) is 1.42. The minimum atomic E-state index is 0.440. The molecular formula is C11H14O. The van der Waals surface area contributed by atoms with E-state index in [1.54, 1.807) is 0 Å². The Labute approximate surface area is 73.4 Å². The van der Waals surface area contributed by atoms with Gasteiger partial charge in [0.2, 0.25) is 0 Å². The molecule has 0 bridgehead atoms. The number of hydrogen-bond acceptors (Lipinski definition) is 1. The van der Waals surface area contributed by atoms with Crippen molar-refractivity contribution in [3.63, 3.8) is 0 Å². The first-order valence-corrected chi connectivity index (χ1v) is 4.53. The standard InChI is InChI=1S/C11H14O/c1-9-7-11(8-12-9)10-5-3-2-4-6-10/h2-6,9,11H,7-8H2,1H3/t9-,11-/m0/s1. The van der Waals surface area contributed by atoms with E-state index in [1.807, 2.05) is 0 Å². The van der Waals surface area contributed by atoms with Gasteiger partial charge in [-0.15, -0.1) is 0 Å². The van der Waals surface area contributed by atoms with E-state index in [4.69, 9.17) is 4.74 Å². The van der Waals surface area contributed by atoms with Crippen molar-refractivity contribution >= 4 is 0 Å². The lowest BCUT2D eigenvalue weighted by atomic mass is 9.97. The predicted molar refractivity (Wildman–Crippen MR) is 49.2 cm³/mol. The average Bonchev–Trinajstić information content (AvgIpc) is 2.54. The highest BCUT2D eigenvalue weighted by Crippen LogP contribution is 2.28. The molecule has 12 heavy (non-hydrogen) atoms. The van der Waals surface area contributed by atoms with Crippen LogP contribution in [0.2, 0.25) is 0 Å². The van der Waals surface area contributed by atoms with Gasteiger partial charge >= 0.3 is 0 Å². The topological polar surface area (TPSA) is 9.23 Å². The van der Waals surface area contributed by atoms with Crippen molar-refractivity contribution in [2.75, 3.05) is 6.61 Å². The van der Waals surface area contributed by atoms with Crippen LogP contribution in [0.25, 0.3) is 0 Å². The molecule has 1 heterocycles. The molecule has 1 aliphatic heterocycles. The lowest BCUT2D eigenvalue weighted by Gasteiger charge is -2.06. The number of benzene rings is 1. The Morgan fingerprint density at radius 3 is 2.58 bits per heavy atom. The number of rotatable bonds is 1. The second-order valence-electron chi connectivity index (χ2n) is 3.49. The summed E-state index contributed by atoms with van der Waals surface area (Å²) in [6.45, 7) is 3.04. The SMILES string of the molecule is C[C@H]1C[C@H](c2ccccc2)CO1. The lowest BCUT2D eigenvalue weighted by Crippen LogP contribution is -1.96. The molecule has 0 aromatic heterocycles. The summed E-state index contributed by atoms with van der Waals surface area (Å²) < 4.78 is 5.52. The van der Waals surface area contributed by atoms with Crippen LogP contribution < -0.4 is 0 Å². The van der Waals surface area contributed by atoms with Gasteiger partial charge in [0.05, 0.1) is 12.7 Å². The van der Waals surface area contributed by atoms with Gasteiger partial charge in [-0.2, -0.15) is 0 Å². The molecule has 1 aromatic carbocycles. The largest absolute Gasteiger partial charge is 0.378 e. The molecule has 2 atom stereocenters. The zero-order valence-corrected chi connectivity index (χ0v) is 7.36. The Hall–Kier alpha value is -0.820. The Morgan fingerprint density at radius 1 is 1.25 bits per heavy atom. The van der Waals surface area contributed by atoms with Crippen molar-refractivity contribution in [1.29, 1.82) is 0 Å². The Bertz CT molecular complexity index is 242. The fourth-order valence-corrected chi connectivity index (χ4v) is 1.77. The van der Waals surface area contributed by atoms with Gasteiger partial charge in [-0.25, -0.2) is 0 Å². The Kier molecular flexibility index (Phi) is 2.13. The third-order valence-electron chi connectivity index (χ3n) is 2.47. The highest BCUT2D eigenvalue weighted by atomic mass is 16.5. The molecule has 1 fully saturated rings. The summed E-state index contributed by atoms with van der Waals surface area (Å²) in [5, 5.41) is 0. The molecule has 0 N–H and O–H groups in total. The summed E-state index contributed by atoms with van der Waals surface area (Å²) in [4.78, 5) is 0. The lowest BCUT2D eigenvalue weighted by molar-refractivity contribution is 0.123. The van der Waals surface area contributed by atoms with Gasteiger partial charge in [0.15, 0.2) is 0 Å². The van der Waals surface area contributed by atoms with Gasteiger partial charge in [-0.05, 0) is 18.9 Å². The van der Waals surface area contributed by atoms with E-state index in [0.29, 0.717) is 12.0 Å². The van der Waals surface area contributed by atoms with Crippen LogP contribution in [0, 0.1) is 0 Å². The second-order valence-corrected chi connectivity index (χ2v) is 3.49. The molecule has 1 aliphatic rings. The van der Waals surface area contributed by atoms with Crippen LogP contribution in [0.15, 0.2) is 30.3 Å². The molecule has 0 amide bonds. The molecular weight excluding hydrogens is 148 g/mol. The van der Waals surface area contributed by atoms with E-state index in [2.05, 4.69) is 37.3 Å². The summed E-state index contributed by atoms with van der Waals surface area (Å²) in [6, 6.07) is 10.6. The molecule has 0 spiro atoms. The van der Waals surface area contributed by atoms with Crippen molar-refractivity contribution < 1.29 is 4.74 Å². The van der Waals surface area contributed by atoms with Gasteiger partial charge in [0.1, 0.15) is 0 Å². The zero-order chi connectivity index (χ0) is 8.39. The quantitative estimate of drug-likeness (QED) is 0.616. The molecule has 1 aromatic rings. The third-order valence-corrected chi connectivity index (χ3v) is 2.47. The molecule has 0 radical (unpaired) electrons. The molecule has 0 saturated carbocycles. The monoisotopic (exact) mass is 162 g/mol.